The van der Waals surface area contributed by atoms with Crippen LogP contribution < -0.4 is 5.09 Å². The zero-order valence-electron chi connectivity index (χ0n) is 9.67. The van der Waals surface area contributed by atoms with Crippen molar-refractivity contribution in [1.82, 2.24) is 14.4 Å². The minimum Gasteiger partial charge on any atom is -0.279 e. The molecule has 0 aromatic heterocycles. The molecule has 3 rings (SSSR count). The highest BCUT2D eigenvalue weighted by Gasteiger charge is 2.49. The van der Waals surface area contributed by atoms with Gasteiger partial charge in [0.2, 0.25) is 0 Å². The molecule has 0 radical (unpaired) electrons. The second-order valence-electron chi connectivity index (χ2n) is 4.37. The predicted molar refractivity (Wildman–Crippen MR) is 77.4 cm³/mol. The molecule has 2 saturated heterocycles. The van der Waals surface area contributed by atoms with Crippen molar-refractivity contribution in [3.63, 3.8) is 0 Å². The number of amides is 1. The molecule has 2 heterocycles. The fourth-order valence-electron chi connectivity index (χ4n) is 1.79. The van der Waals surface area contributed by atoms with E-state index in [1.807, 2.05) is 27.5 Å². The molecule has 1 aromatic carbocycles. The Morgan fingerprint density at radius 3 is 2.22 bits per heavy atom. The third-order valence-electron chi connectivity index (χ3n) is 2.98. The summed E-state index contributed by atoms with van der Waals surface area (Å²) in [5, 5.41) is 2.74. The summed E-state index contributed by atoms with van der Waals surface area (Å²) in [7, 11) is -2.82. The molecule has 0 atom stereocenters. The van der Waals surface area contributed by atoms with Crippen molar-refractivity contribution >= 4 is 36.1 Å². The maximum absolute atomic E-state index is 12.8. The number of nitrogens with one attached hydrogen (secondary N) is 1. The summed E-state index contributed by atoms with van der Waals surface area (Å²) in [5.74, 6) is -0.248. The molecule has 1 amide bonds. The van der Waals surface area contributed by atoms with Crippen LogP contribution >= 0.6 is 30.2 Å². The molecule has 0 unspecified atom stereocenters. The molecule has 7 heteroatoms. The smallest absolute Gasteiger partial charge is 0.279 e. The number of nitrogens with zero attached hydrogens (tertiary/aromatic N) is 2. The average molecular weight is 377 g/mol. The standard InChI is InChI=1S/C11H13IN3O2P/c12-10-4-2-1-3-9(10)11(16)13-18(17,14-5-6-14)15-7-8-15/h1-4H,5-8H2,(H,13,16,17). The van der Waals surface area contributed by atoms with Gasteiger partial charge in [0.1, 0.15) is 0 Å². The lowest BCUT2D eigenvalue weighted by atomic mass is 10.2. The molecule has 1 N–H and O–H groups in total. The lowest BCUT2D eigenvalue weighted by Crippen LogP contribution is -2.27. The summed E-state index contributed by atoms with van der Waals surface area (Å²) in [5.41, 5.74) is 0.585. The summed E-state index contributed by atoms with van der Waals surface area (Å²) >= 11 is 2.12. The van der Waals surface area contributed by atoms with Crippen molar-refractivity contribution in [3.05, 3.63) is 33.4 Å². The maximum atomic E-state index is 12.8. The minimum atomic E-state index is -2.82. The summed E-state index contributed by atoms with van der Waals surface area (Å²) in [6, 6.07) is 7.32. The number of rotatable bonds is 4. The molecular weight excluding hydrogens is 364 g/mol. The molecule has 2 aliphatic heterocycles. The van der Waals surface area contributed by atoms with Gasteiger partial charge in [-0.2, -0.15) is 0 Å². The van der Waals surface area contributed by atoms with Gasteiger partial charge in [-0.3, -0.25) is 14.4 Å². The summed E-state index contributed by atoms with van der Waals surface area (Å²) in [4.78, 5) is 12.2. The lowest BCUT2D eigenvalue weighted by molar-refractivity contribution is 0.0977. The van der Waals surface area contributed by atoms with E-state index in [1.165, 1.54) is 0 Å². The second-order valence-corrected chi connectivity index (χ2v) is 7.98. The Morgan fingerprint density at radius 2 is 1.72 bits per heavy atom. The molecule has 0 bridgehead atoms. The largest absolute Gasteiger partial charge is 0.311 e. The van der Waals surface area contributed by atoms with Crippen LogP contribution in [0.25, 0.3) is 0 Å². The zero-order valence-corrected chi connectivity index (χ0v) is 12.7. The van der Waals surface area contributed by atoms with Crippen LogP contribution in [0.5, 0.6) is 0 Å². The molecule has 18 heavy (non-hydrogen) atoms. The van der Waals surface area contributed by atoms with E-state index in [0.29, 0.717) is 5.56 Å². The van der Waals surface area contributed by atoms with E-state index in [0.717, 1.165) is 29.7 Å². The van der Waals surface area contributed by atoms with Gasteiger partial charge >= 0.3 is 7.59 Å². The topological polar surface area (TPSA) is 52.2 Å². The van der Waals surface area contributed by atoms with Crippen LogP contribution in [0.4, 0.5) is 0 Å². The Bertz CT molecular complexity index is 527. The Morgan fingerprint density at radius 1 is 1.17 bits per heavy atom. The molecule has 96 valence electrons. The maximum Gasteiger partial charge on any atom is 0.311 e. The SMILES string of the molecule is O=C(NP(=O)(N1CC1)N1CC1)c1ccccc1I. The van der Waals surface area contributed by atoms with Gasteiger partial charge in [0.15, 0.2) is 0 Å². The number of carbonyl (C=O) groups excluding carboxylic acids is 1. The first-order valence-corrected chi connectivity index (χ1v) is 8.48. The molecular formula is C11H13IN3O2P. The number of halogens is 1. The van der Waals surface area contributed by atoms with Gasteiger partial charge in [-0.05, 0) is 34.7 Å². The first kappa shape index (κ1) is 12.6. The molecule has 0 spiro atoms. The van der Waals surface area contributed by atoms with Crippen LogP contribution in [0.3, 0.4) is 0 Å². The average Bonchev–Trinajstić information content (AvgIpc) is 3.18. The first-order valence-electron chi connectivity index (χ1n) is 5.79. The molecule has 1 aromatic rings. The number of carbonyl (C=O) groups is 1. The molecule has 0 aliphatic carbocycles. The fourth-order valence-corrected chi connectivity index (χ4v) is 4.71. The van der Waals surface area contributed by atoms with Crippen molar-refractivity contribution in [3.8, 4) is 0 Å². The predicted octanol–water partition coefficient (Wildman–Crippen LogP) is 1.76. The van der Waals surface area contributed by atoms with Crippen LogP contribution in [-0.2, 0) is 4.57 Å². The Kier molecular flexibility index (Phi) is 3.21. The van der Waals surface area contributed by atoms with E-state index in [-0.39, 0.29) is 5.91 Å². The van der Waals surface area contributed by atoms with E-state index in [2.05, 4.69) is 27.7 Å². The number of hydrogen-bond acceptors (Lipinski definition) is 2. The number of hydrogen-bond donors (Lipinski definition) is 1. The molecule has 5 nitrogen and oxygen atoms in total. The highest BCUT2D eigenvalue weighted by Crippen LogP contribution is 2.56. The Labute approximate surface area is 119 Å². The fraction of sp³-hybridized carbons (Fsp3) is 0.364. The van der Waals surface area contributed by atoms with Crippen LogP contribution in [0, 0.1) is 3.57 Å². The Balaban J connectivity index is 1.81. The van der Waals surface area contributed by atoms with Crippen molar-refractivity contribution in [2.24, 2.45) is 0 Å². The van der Waals surface area contributed by atoms with Gasteiger partial charge < -0.3 is 0 Å². The van der Waals surface area contributed by atoms with E-state index >= 15 is 0 Å². The van der Waals surface area contributed by atoms with Crippen LogP contribution in [0.2, 0.25) is 0 Å². The van der Waals surface area contributed by atoms with Crippen LogP contribution in [-0.4, -0.2) is 41.4 Å². The van der Waals surface area contributed by atoms with Gasteiger partial charge in [-0.15, -0.1) is 0 Å². The van der Waals surface area contributed by atoms with Gasteiger partial charge in [-0.1, -0.05) is 12.1 Å². The van der Waals surface area contributed by atoms with Crippen molar-refractivity contribution in [2.45, 2.75) is 0 Å². The van der Waals surface area contributed by atoms with Crippen molar-refractivity contribution in [2.75, 3.05) is 26.2 Å². The minimum absolute atomic E-state index is 0.248. The first-order chi connectivity index (χ1) is 8.61. The van der Waals surface area contributed by atoms with Gasteiger partial charge in [0.05, 0.1) is 5.56 Å². The van der Waals surface area contributed by atoms with E-state index in [9.17, 15) is 9.36 Å². The summed E-state index contributed by atoms with van der Waals surface area (Å²) in [6.07, 6.45) is 0. The van der Waals surface area contributed by atoms with Gasteiger partial charge in [-0.25, -0.2) is 9.34 Å². The second kappa shape index (κ2) is 4.59. The lowest BCUT2D eigenvalue weighted by Gasteiger charge is -2.21. The summed E-state index contributed by atoms with van der Waals surface area (Å²) < 4.78 is 17.3. The molecule has 0 saturated carbocycles. The van der Waals surface area contributed by atoms with Gasteiger partial charge in [0, 0.05) is 29.7 Å². The zero-order chi connectivity index (χ0) is 12.8. The molecule has 2 aliphatic rings. The van der Waals surface area contributed by atoms with Gasteiger partial charge in [0.25, 0.3) is 5.91 Å². The van der Waals surface area contributed by atoms with Crippen molar-refractivity contribution < 1.29 is 9.36 Å². The van der Waals surface area contributed by atoms with Crippen LogP contribution in [0.15, 0.2) is 24.3 Å². The van der Waals surface area contributed by atoms with Crippen molar-refractivity contribution in [1.29, 1.82) is 0 Å². The molecule has 2 fully saturated rings. The normalized spacial score (nSPS) is 19.6. The van der Waals surface area contributed by atoms with E-state index in [4.69, 9.17) is 0 Å². The van der Waals surface area contributed by atoms with E-state index < -0.39 is 7.59 Å². The highest BCUT2D eigenvalue weighted by atomic mass is 127. The monoisotopic (exact) mass is 377 g/mol. The van der Waals surface area contributed by atoms with E-state index in [1.54, 1.807) is 6.07 Å². The Hall–Kier alpha value is -0.430. The number of benzene rings is 1. The third-order valence-corrected chi connectivity index (χ3v) is 6.75. The highest BCUT2D eigenvalue weighted by molar-refractivity contribution is 14.1. The third kappa shape index (κ3) is 2.34. The quantitative estimate of drug-likeness (QED) is 0.494. The van der Waals surface area contributed by atoms with Crippen LogP contribution in [0.1, 0.15) is 10.4 Å². The summed E-state index contributed by atoms with van der Waals surface area (Å²) in [6.45, 7) is 3.22.